The fourth-order valence-electron chi connectivity index (χ4n) is 3.20. The van der Waals surface area contributed by atoms with E-state index in [-0.39, 0.29) is 0 Å². The summed E-state index contributed by atoms with van der Waals surface area (Å²) in [6.07, 6.45) is 0.814. The molecule has 134 valence electrons. The van der Waals surface area contributed by atoms with Crippen molar-refractivity contribution < 1.29 is 9.47 Å². The summed E-state index contributed by atoms with van der Waals surface area (Å²) in [7, 11) is 3.90. The van der Waals surface area contributed by atoms with E-state index in [1.165, 1.54) is 5.56 Å². The fourth-order valence-corrected chi connectivity index (χ4v) is 3.20. The van der Waals surface area contributed by atoms with E-state index in [1.54, 1.807) is 7.11 Å². The average Bonchev–Trinajstić information content (AvgIpc) is 2.65. The van der Waals surface area contributed by atoms with Crippen LogP contribution >= 0.6 is 0 Å². The van der Waals surface area contributed by atoms with E-state index < -0.39 is 0 Å². The van der Waals surface area contributed by atoms with Crippen LogP contribution in [0.25, 0.3) is 0 Å². The number of ether oxygens (including phenoxy) is 2. The monoisotopic (exact) mass is 340 g/mol. The van der Waals surface area contributed by atoms with Crippen molar-refractivity contribution in [2.75, 3.05) is 53.5 Å². The van der Waals surface area contributed by atoms with Gasteiger partial charge in [-0.2, -0.15) is 0 Å². The van der Waals surface area contributed by atoms with Crippen molar-refractivity contribution in [3.8, 4) is 11.5 Å². The van der Waals surface area contributed by atoms with Crippen LogP contribution in [0.15, 0.2) is 48.5 Å². The molecule has 0 aliphatic carbocycles. The molecule has 3 rings (SSSR count). The summed E-state index contributed by atoms with van der Waals surface area (Å²) in [4.78, 5) is 4.84. The lowest BCUT2D eigenvalue weighted by molar-refractivity contribution is 0.133. The Morgan fingerprint density at radius 1 is 0.880 bits per heavy atom. The van der Waals surface area contributed by atoms with E-state index in [1.807, 2.05) is 24.3 Å². The summed E-state index contributed by atoms with van der Waals surface area (Å²) in [5, 5.41) is 0. The van der Waals surface area contributed by atoms with Gasteiger partial charge in [0, 0.05) is 44.7 Å². The number of hydrogen-bond donors (Lipinski definition) is 0. The number of piperazine rings is 1. The molecule has 0 N–H and O–H groups in total. The molecule has 0 saturated carbocycles. The van der Waals surface area contributed by atoms with Crippen LogP contribution in [0.1, 0.15) is 11.1 Å². The molecule has 0 aromatic heterocycles. The van der Waals surface area contributed by atoms with Gasteiger partial charge in [0.1, 0.15) is 18.1 Å². The third-order valence-corrected chi connectivity index (χ3v) is 4.79. The molecule has 0 radical (unpaired) electrons. The first-order chi connectivity index (χ1) is 12.3. The van der Waals surface area contributed by atoms with E-state index >= 15 is 0 Å². The standard InChI is InChI=1S/C21H28N2O2/c1-22-11-13-23(14-12-22)15-16-25-21-10-6-9-20(24-2)19(21)17-18-7-4-3-5-8-18/h3-10H,11-17H2,1-2H3. The van der Waals surface area contributed by atoms with Crippen LogP contribution in [0.4, 0.5) is 0 Å². The molecule has 1 heterocycles. The van der Waals surface area contributed by atoms with Crippen molar-refractivity contribution >= 4 is 0 Å². The summed E-state index contributed by atoms with van der Waals surface area (Å²) in [6.45, 7) is 6.19. The first-order valence-electron chi connectivity index (χ1n) is 9.00. The molecule has 4 heteroatoms. The molecule has 0 unspecified atom stereocenters. The highest BCUT2D eigenvalue weighted by molar-refractivity contribution is 5.47. The molecule has 4 nitrogen and oxygen atoms in total. The van der Waals surface area contributed by atoms with Crippen molar-refractivity contribution in [1.82, 2.24) is 9.80 Å². The highest BCUT2D eigenvalue weighted by atomic mass is 16.5. The summed E-state index contributed by atoms with van der Waals surface area (Å²) >= 11 is 0. The maximum absolute atomic E-state index is 6.15. The van der Waals surface area contributed by atoms with Gasteiger partial charge in [-0.05, 0) is 24.7 Å². The molecule has 0 spiro atoms. The third-order valence-electron chi connectivity index (χ3n) is 4.79. The van der Waals surface area contributed by atoms with E-state index in [9.17, 15) is 0 Å². The Bertz CT molecular complexity index is 652. The lowest BCUT2D eigenvalue weighted by Crippen LogP contribution is -2.45. The maximum atomic E-state index is 6.15. The molecule has 1 fully saturated rings. The predicted molar refractivity (Wildman–Crippen MR) is 102 cm³/mol. The Labute approximate surface area is 151 Å². The molecule has 0 atom stereocenters. The highest BCUT2D eigenvalue weighted by Gasteiger charge is 2.15. The second-order valence-electron chi connectivity index (χ2n) is 6.59. The summed E-state index contributed by atoms with van der Waals surface area (Å²) < 4.78 is 11.7. The zero-order valence-electron chi connectivity index (χ0n) is 15.3. The Balaban J connectivity index is 1.64. The second kappa shape index (κ2) is 8.88. The van der Waals surface area contributed by atoms with Crippen LogP contribution in [0.5, 0.6) is 11.5 Å². The Morgan fingerprint density at radius 2 is 1.60 bits per heavy atom. The number of rotatable bonds is 7. The normalized spacial score (nSPS) is 15.9. The molecule has 2 aromatic rings. The highest BCUT2D eigenvalue weighted by Crippen LogP contribution is 2.30. The molecule has 0 amide bonds. The number of hydrogen-bond acceptors (Lipinski definition) is 4. The predicted octanol–water partition coefficient (Wildman–Crippen LogP) is 2.91. The first-order valence-corrected chi connectivity index (χ1v) is 9.00. The quantitative estimate of drug-likeness (QED) is 0.774. The minimum absolute atomic E-state index is 0.707. The van der Waals surface area contributed by atoms with Crippen LogP contribution in [-0.4, -0.2) is 63.3 Å². The fraction of sp³-hybridized carbons (Fsp3) is 0.429. The third kappa shape index (κ3) is 4.97. The van der Waals surface area contributed by atoms with Gasteiger partial charge in [0.05, 0.1) is 7.11 Å². The van der Waals surface area contributed by atoms with Gasteiger partial charge >= 0.3 is 0 Å². The van der Waals surface area contributed by atoms with E-state index in [2.05, 4.69) is 41.1 Å². The smallest absolute Gasteiger partial charge is 0.126 e. The molecule has 1 aliphatic heterocycles. The molecular weight excluding hydrogens is 312 g/mol. The number of benzene rings is 2. The van der Waals surface area contributed by atoms with Crippen molar-refractivity contribution in [2.24, 2.45) is 0 Å². The molecule has 2 aromatic carbocycles. The van der Waals surface area contributed by atoms with Gasteiger partial charge in [0.15, 0.2) is 0 Å². The summed E-state index contributed by atoms with van der Waals surface area (Å²) in [5.41, 5.74) is 2.38. The number of likely N-dealkylation sites (N-methyl/N-ethyl adjacent to an activating group) is 1. The first kappa shape index (κ1) is 17.8. The summed E-state index contributed by atoms with van der Waals surface area (Å²) in [5.74, 6) is 1.82. The minimum Gasteiger partial charge on any atom is -0.496 e. The lowest BCUT2D eigenvalue weighted by atomic mass is 10.0. The van der Waals surface area contributed by atoms with Gasteiger partial charge in [-0.1, -0.05) is 36.4 Å². The zero-order chi connectivity index (χ0) is 17.5. The molecule has 1 saturated heterocycles. The molecule has 25 heavy (non-hydrogen) atoms. The van der Waals surface area contributed by atoms with E-state index in [0.717, 1.165) is 56.2 Å². The number of nitrogens with zero attached hydrogens (tertiary/aromatic N) is 2. The Kier molecular flexibility index (Phi) is 6.31. The number of methoxy groups -OCH3 is 1. The van der Waals surface area contributed by atoms with Crippen molar-refractivity contribution in [1.29, 1.82) is 0 Å². The zero-order valence-corrected chi connectivity index (χ0v) is 15.3. The van der Waals surface area contributed by atoms with Gasteiger partial charge < -0.3 is 14.4 Å². The van der Waals surface area contributed by atoms with E-state index in [4.69, 9.17) is 9.47 Å². The second-order valence-corrected chi connectivity index (χ2v) is 6.59. The van der Waals surface area contributed by atoms with Crippen molar-refractivity contribution in [3.05, 3.63) is 59.7 Å². The van der Waals surface area contributed by atoms with Gasteiger partial charge in [0.2, 0.25) is 0 Å². The minimum atomic E-state index is 0.707. The van der Waals surface area contributed by atoms with Gasteiger partial charge in [0.25, 0.3) is 0 Å². The topological polar surface area (TPSA) is 24.9 Å². The van der Waals surface area contributed by atoms with Crippen molar-refractivity contribution in [3.63, 3.8) is 0 Å². The maximum Gasteiger partial charge on any atom is 0.126 e. The van der Waals surface area contributed by atoms with Gasteiger partial charge in [-0.3, -0.25) is 4.90 Å². The van der Waals surface area contributed by atoms with Gasteiger partial charge in [-0.15, -0.1) is 0 Å². The van der Waals surface area contributed by atoms with Crippen LogP contribution in [0, 0.1) is 0 Å². The lowest BCUT2D eigenvalue weighted by Gasteiger charge is -2.32. The SMILES string of the molecule is COc1cccc(OCCN2CCN(C)CC2)c1Cc1ccccc1. The van der Waals surface area contributed by atoms with E-state index in [0.29, 0.717) is 6.61 Å². The summed E-state index contributed by atoms with van der Waals surface area (Å²) in [6, 6.07) is 16.5. The molecule has 0 bridgehead atoms. The Morgan fingerprint density at radius 3 is 2.32 bits per heavy atom. The average molecular weight is 340 g/mol. The van der Waals surface area contributed by atoms with Crippen molar-refractivity contribution in [2.45, 2.75) is 6.42 Å². The molecular formula is C21H28N2O2. The molecule has 1 aliphatic rings. The van der Waals surface area contributed by atoms with Gasteiger partial charge in [-0.25, -0.2) is 0 Å². The van der Waals surface area contributed by atoms with Crippen LogP contribution in [0.3, 0.4) is 0 Å². The Hall–Kier alpha value is -2.04. The van der Waals surface area contributed by atoms with Crippen LogP contribution in [-0.2, 0) is 6.42 Å². The van der Waals surface area contributed by atoms with Crippen LogP contribution < -0.4 is 9.47 Å². The largest absolute Gasteiger partial charge is 0.496 e. The van der Waals surface area contributed by atoms with Crippen LogP contribution in [0.2, 0.25) is 0 Å².